The number of rotatable bonds is 6. The van der Waals surface area contributed by atoms with Crippen LogP contribution in [0.4, 0.5) is 4.39 Å². The largest absolute Gasteiger partial charge is 0.467 e. The van der Waals surface area contributed by atoms with Crippen molar-refractivity contribution in [3.8, 4) is 5.75 Å². The van der Waals surface area contributed by atoms with Crippen LogP contribution in [0, 0.1) is 19.7 Å². The van der Waals surface area contributed by atoms with Crippen molar-refractivity contribution in [1.82, 2.24) is 15.6 Å². The van der Waals surface area contributed by atoms with Gasteiger partial charge in [-0.3, -0.25) is 0 Å². The number of aliphatic imine (C=N–C) groups is 1. The second-order valence-electron chi connectivity index (χ2n) is 6.28. The van der Waals surface area contributed by atoms with Gasteiger partial charge in [-0.2, -0.15) is 0 Å². The first-order valence-electron chi connectivity index (χ1n) is 9.03. The van der Waals surface area contributed by atoms with Crippen LogP contribution >= 0.6 is 24.0 Å². The number of nitrogens with one attached hydrogen (secondary N) is 2. The standard InChI is InChI=1S/C19H25FN4O3.HI/c1-4-21-19(23-9-17-24-12(2)13(3)27-17)22-6-5-14-7-16(20)8-15-10-25-11-26-18(14)15;/h7-8H,4-6,9-11H2,1-3H3,(H2,21,22,23);1H. The van der Waals surface area contributed by atoms with Crippen molar-refractivity contribution in [2.45, 2.75) is 40.3 Å². The first-order chi connectivity index (χ1) is 13.1. The molecule has 0 fully saturated rings. The Bertz CT molecular complexity index is 806. The van der Waals surface area contributed by atoms with Gasteiger partial charge in [-0.25, -0.2) is 14.4 Å². The highest BCUT2D eigenvalue weighted by Gasteiger charge is 2.16. The third-order valence-electron chi connectivity index (χ3n) is 4.23. The molecule has 0 aliphatic carbocycles. The van der Waals surface area contributed by atoms with Crippen LogP contribution in [0.2, 0.25) is 0 Å². The lowest BCUT2D eigenvalue weighted by molar-refractivity contribution is -0.0172. The van der Waals surface area contributed by atoms with Crippen molar-refractivity contribution in [3.05, 3.63) is 46.4 Å². The van der Waals surface area contributed by atoms with E-state index in [1.165, 1.54) is 12.1 Å². The van der Waals surface area contributed by atoms with Gasteiger partial charge in [0.05, 0.1) is 12.3 Å². The molecule has 1 aromatic heterocycles. The number of aromatic nitrogens is 1. The van der Waals surface area contributed by atoms with Gasteiger partial charge in [0.15, 0.2) is 12.8 Å². The van der Waals surface area contributed by atoms with Crippen molar-refractivity contribution in [2.24, 2.45) is 4.99 Å². The molecule has 154 valence electrons. The van der Waals surface area contributed by atoms with E-state index in [1.807, 2.05) is 20.8 Å². The lowest BCUT2D eigenvalue weighted by Gasteiger charge is -2.21. The number of hydrogen-bond acceptors (Lipinski definition) is 5. The Morgan fingerprint density at radius 3 is 2.82 bits per heavy atom. The molecule has 3 rings (SSSR count). The van der Waals surface area contributed by atoms with E-state index in [0.717, 1.165) is 34.9 Å². The highest BCUT2D eigenvalue weighted by atomic mass is 127. The summed E-state index contributed by atoms with van der Waals surface area (Å²) in [5.74, 6) is 2.47. The number of ether oxygens (including phenoxy) is 2. The highest BCUT2D eigenvalue weighted by molar-refractivity contribution is 14.0. The molecule has 0 radical (unpaired) electrons. The lowest BCUT2D eigenvalue weighted by Crippen LogP contribution is -2.38. The maximum Gasteiger partial charge on any atom is 0.216 e. The molecule has 0 atom stereocenters. The molecular weight excluding hydrogens is 478 g/mol. The molecule has 1 aromatic carbocycles. The minimum atomic E-state index is -0.284. The van der Waals surface area contributed by atoms with Crippen LogP contribution in [0.3, 0.4) is 0 Å². The van der Waals surface area contributed by atoms with Gasteiger partial charge in [0, 0.05) is 18.7 Å². The predicted octanol–water partition coefficient (Wildman–Crippen LogP) is 3.21. The Morgan fingerprint density at radius 1 is 1.29 bits per heavy atom. The molecule has 0 bridgehead atoms. The Balaban J connectivity index is 0.00000280. The van der Waals surface area contributed by atoms with E-state index in [-0.39, 0.29) is 36.6 Å². The maximum absolute atomic E-state index is 13.8. The second-order valence-corrected chi connectivity index (χ2v) is 6.28. The maximum atomic E-state index is 13.8. The lowest BCUT2D eigenvalue weighted by atomic mass is 10.1. The van der Waals surface area contributed by atoms with Crippen molar-refractivity contribution < 1.29 is 18.3 Å². The molecule has 2 heterocycles. The Hall–Kier alpha value is -1.88. The number of fused-ring (bicyclic) bond motifs is 1. The normalized spacial score (nSPS) is 13.4. The highest BCUT2D eigenvalue weighted by Crippen LogP contribution is 2.29. The van der Waals surface area contributed by atoms with Gasteiger partial charge in [0.25, 0.3) is 0 Å². The molecule has 2 N–H and O–H groups in total. The smallest absolute Gasteiger partial charge is 0.216 e. The van der Waals surface area contributed by atoms with E-state index in [1.54, 1.807) is 0 Å². The summed E-state index contributed by atoms with van der Waals surface area (Å²) in [4.78, 5) is 8.82. The fraction of sp³-hybridized carbons (Fsp3) is 0.474. The number of benzene rings is 1. The Morgan fingerprint density at radius 2 is 2.11 bits per heavy atom. The molecule has 0 saturated heterocycles. The van der Waals surface area contributed by atoms with Crippen LogP contribution in [-0.4, -0.2) is 30.8 Å². The van der Waals surface area contributed by atoms with Gasteiger partial charge in [0.1, 0.15) is 23.9 Å². The van der Waals surface area contributed by atoms with E-state index in [2.05, 4.69) is 20.6 Å². The number of halogens is 2. The molecule has 0 spiro atoms. The van der Waals surface area contributed by atoms with E-state index >= 15 is 0 Å². The summed E-state index contributed by atoms with van der Waals surface area (Å²) >= 11 is 0. The number of aryl methyl sites for hydroxylation is 2. The van der Waals surface area contributed by atoms with Crippen LogP contribution in [0.25, 0.3) is 0 Å². The third kappa shape index (κ3) is 5.81. The van der Waals surface area contributed by atoms with E-state index in [4.69, 9.17) is 13.9 Å². The zero-order chi connectivity index (χ0) is 19.2. The predicted molar refractivity (Wildman–Crippen MR) is 115 cm³/mol. The van der Waals surface area contributed by atoms with Gasteiger partial charge in [-0.1, -0.05) is 0 Å². The minimum Gasteiger partial charge on any atom is -0.467 e. The average Bonchev–Trinajstić information content (AvgIpc) is 2.97. The summed E-state index contributed by atoms with van der Waals surface area (Å²) in [7, 11) is 0. The number of guanidine groups is 1. The van der Waals surface area contributed by atoms with Gasteiger partial charge >= 0.3 is 0 Å². The Kier molecular flexibility index (Phi) is 8.49. The summed E-state index contributed by atoms with van der Waals surface area (Å²) in [5, 5.41) is 6.43. The first kappa shape index (κ1) is 22.4. The molecule has 9 heteroatoms. The van der Waals surface area contributed by atoms with Crippen LogP contribution < -0.4 is 15.4 Å². The zero-order valence-corrected chi connectivity index (χ0v) is 18.6. The molecule has 1 aliphatic rings. The van der Waals surface area contributed by atoms with E-state index in [9.17, 15) is 4.39 Å². The van der Waals surface area contributed by atoms with Gasteiger partial charge in [0.2, 0.25) is 5.89 Å². The molecule has 0 saturated carbocycles. The number of hydrogen-bond donors (Lipinski definition) is 2. The third-order valence-corrected chi connectivity index (χ3v) is 4.23. The van der Waals surface area contributed by atoms with Crippen LogP contribution in [0.1, 0.15) is 35.4 Å². The molecule has 7 nitrogen and oxygen atoms in total. The topological polar surface area (TPSA) is 80.9 Å². The zero-order valence-electron chi connectivity index (χ0n) is 16.3. The van der Waals surface area contributed by atoms with Crippen LogP contribution in [-0.2, 0) is 24.3 Å². The van der Waals surface area contributed by atoms with Gasteiger partial charge < -0.3 is 24.5 Å². The molecule has 28 heavy (non-hydrogen) atoms. The average molecular weight is 504 g/mol. The SMILES string of the molecule is CCNC(=NCc1nc(C)c(C)o1)NCCc1cc(F)cc2c1OCOC2.I. The summed E-state index contributed by atoms with van der Waals surface area (Å²) in [6, 6.07) is 2.96. The van der Waals surface area contributed by atoms with Gasteiger partial charge in [-0.15, -0.1) is 24.0 Å². The fourth-order valence-corrected chi connectivity index (χ4v) is 2.85. The van der Waals surface area contributed by atoms with E-state index in [0.29, 0.717) is 38.0 Å². The van der Waals surface area contributed by atoms with Gasteiger partial charge in [-0.05, 0) is 44.9 Å². The van der Waals surface area contributed by atoms with Crippen LogP contribution in [0.15, 0.2) is 21.5 Å². The quantitative estimate of drug-likeness (QED) is 0.358. The molecule has 0 amide bonds. The molecule has 2 aromatic rings. The number of oxazole rings is 1. The van der Waals surface area contributed by atoms with Crippen molar-refractivity contribution >= 4 is 29.9 Å². The second kappa shape index (κ2) is 10.6. The Labute approximate surface area is 181 Å². The summed E-state index contributed by atoms with van der Waals surface area (Å²) in [5.41, 5.74) is 2.43. The monoisotopic (exact) mass is 504 g/mol. The first-order valence-corrected chi connectivity index (χ1v) is 9.03. The summed E-state index contributed by atoms with van der Waals surface area (Å²) in [6.07, 6.45) is 0.599. The van der Waals surface area contributed by atoms with Crippen LogP contribution in [0.5, 0.6) is 5.75 Å². The molecular formula is C19H26FIN4O3. The summed E-state index contributed by atoms with van der Waals surface area (Å²) in [6.45, 7) is 7.99. The summed E-state index contributed by atoms with van der Waals surface area (Å²) < 4.78 is 30.1. The molecule has 1 aliphatic heterocycles. The van der Waals surface area contributed by atoms with Crippen molar-refractivity contribution in [2.75, 3.05) is 19.9 Å². The van der Waals surface area contributed by atoms with Crippen molar-refractivity contribution in [3.63, 3.8) is 0 Å². The minimum absolute atomic E-state index is 0. The van der Waals surface area contributed by atoms with E-state index < -0.39 is 0 Å². The van der Waals surface area contributed by atoms with Crippen molar-refractivity contribution in [1.29, 1.82) is 0 Å². The fourth-order valence-electron chi connectivity index (χ4n) is 2.85. The number of nitrogens with zero attached hydrogens (tertiary/aromatic N) is 2. The molecule has 0 unspecified atom stereocenters.